The predicted molar refractivity (Wildman–Crippen MR) is 118 cm³/mol. The van der Waals surface area contributed by atoms with Crippen molar-refractivity contribution in [1.82, 2.24) is 9.97 Å². The highest BCUT2D eigenvalue weighted by Gasteiger charge is 2.28. The van der Waals surface area contributed by atoms with Gasteiger partial charge in [-0.2, -0.15) is 4.98 Å². The summed E-state index contributed by atoms with van der Waals surface area (Å²) in [5.74, 6) is 1.36. The molecular formula is C23H23ClN4O. The summed E-state index contributed by atoms with van der Waals surface area (Å²) in [7, 11) is 0. The van der Waals surface area contributed by atoms with E-state index in [1.54, 1.807) is 0 Å². The molecule has 0 aliphatic heterocycles. The van der Waals surface area contributed by atoms with E-state index in [4.69, 9.17) is 11.6 Å². The van der Waals surface area contributed by atoms with Crippen molar-refractivity contribution in [1.29, 1.82) is 0 Å². The molecule has 6 heteroatoms. The molecule has 0 saturated carbocycles. The zero-order valence-electron chi connectivity index (χ0n) is 16.7. The van der Waals surface area contributed by atoms with Crippen molar-refractivity contribution in [2.75, 3.05) is 10.6 Å². The van der Waals surface area contributed by atoms with Gasteiger partial charge in [0.05, 0.1) is 11.3 Å². The summed E-state index contributed by atoms with van der Waals surface area (Å²) in [6, 6.07) is 13.5. The first-order chi connectivity index (χ1) is 13.9. The number of aromatic nitrogens is 2. The fourth-order valence-electron chi connectivity index (χ4n) is 3.53. The van der Waals surface area contributed by atoms with E-state index in [1.165, 1.54) is 11.1 Å². The van der Waals surface area contributed by atoms with Gasteiger partial charge in [0.1, 0.15) is 5.82 Å². The molecule has 1 aliphatic rings. The summed E-state index contributed by atoms with van der Waals surface area (Å²) >= 11 is 5.97. The van der Waals surface area contributed by atoms with Crippen LogP contribution >= 0.6 is 11.6 Å². The molecule has 1 heterocycles. The van der Waals surface area contributed by atoms with E-state index in [0.29, 0.717) is 28.8 Å². The van der Waals surface area contributed by atoms with Crippen LogP contribution in [0.3, 0.4) is 0 Å². The molecule has 0 fully saturated rings. The first kappa shape index (κ1) is 19.4. The third-order valence-electron chi connectivity index (χ3n) is 5.21. The lowest BCUT2D eigenvalue weighted by molar-refractivity contribution is 0.0953. The smallest absolute Gasteiger partial charge is 0.229 e. The predicted octanol–water partition coefficient (Wildman–Crippen LogP) is 6.00. The van der Waals surface area contributed by atoms with Crippen LogP contribution in [0.2, 0.25) is 5.02 Å². The van der Waals surface area contributed by atoms with E-state index in [-0.39, 0.29) is 11.7 Å². The number of fused-ring (bicyclic) bond motifs is 1. The van der Waals surface area contributed by atoms with Gasteiger partial charge in [-0.15, -0.1) is 0 Å². The van der Waals surface area contributed by atoms with E-state index in [1.807, 2.05) is 30.3 Å². The lowest BCUT2D eigenvalue weighted by Gasteiger charge is -2.23. The number of nitrogens with one attached hydrogen (secondary N) is 2. The van der Waals surface area contributed by atoms with Gasteiger partial charge < -0.3 is 10.6 Å². The molecule has 2 N–H and O–H groups in total. The average molecular weight is 407 g/mol. The lowest BCUT2D eigenvalue weighted by atomic mass is 9.87. The molecule has 0 saturated heterocycles. The van der Waals surface area contributed by atoms with E-state index in [0.717, 1.165) is 23.5 Å². The van der Waals surface area contributed by atoms with Crippen molar-refractivity contribution < 1.29 is 4.79 Å². The van der Waals surface area contributed by atoms with Crippen LogP contribution in [-0.4, -0.2) is 15.8 Å². The van der Waals surface area contributed by atoms with Gasteiger partial charge in [-0.25, -0.2) is 4.98 Å². The van der Waals surface area contributed by atoms with Crippen molar-refractivity contribution in [2.24, 2.45) is 5.92 Å². The van der Waals surface area contributed by atoms with Gasteiger partial charge in [0.2, 0.25) is 5.95 Å². The van der Waals surface area contributed by atoms with Gasteiger partial charge in [0.15, 0.2) is 5.78 Å². The van der Waals surface area contributed by atoms with Gasteiger partial charge in [0, 0.05) is 22.8 Å². The molecule has 1 aliphatic carbocycles. The summed E-state index contributed by atoms with van der Waals surface area (Å²) < 4.78 is 0. The van der Waals surface area contributed by atoms with Crippen LogP contribution in [0.5, 0.6) is 0 Å². The molecule has 29 heavy (non-hydrogen) atoms. The quantitative estimate of drug-likeness (QED) is 0.556. The Hall–Kier alpha value is -2.92. The van der Waals surface area contributed by atoms with Crippen molar-refractivity contribution in [3.63, 3.8) is 0 Å². The van der Waals surface area contributed by atoms with Crippen molar-refractivity contribution in [3.8, 4) is 0 Å². The van der Waals surface area contributed by atoms with Gasteiger partial charge in [-0.3, -0.25) is 4.79 Å². The molecule has 0 spiro atoms. The molecule has 0 radical (unpaired) electrons. The SMILES string of the molecule is Cc1ccc(Nc2nc(Nc3ccc(Cl)cc3)nc3c2C(=O)CC(C)C3)cc1C. The summed E-state index contributed by atoms with van der Waals surface area (Å²) in [4.78, 5) is 22.1. The first-order valence-electron chi connectivity index (χ1n) is 9.70. The van der Waals surface area contributed by atoms with Crippen molar-refractivity contribution in [2.45, 2.75) is 33.6 Å². The van der Waals surface area contributed by atoms with Gasteiger partial charge in [0.25, 0.3) is 0 Å². The zero-order valence-corrected chi connectivity index (χ0v) is 17.5. The Bertz CT molecular complexity index is 1080. The molecule has 1 aromatic heterocycles. The third kappa shape index (κ3) is 4.25. The maximum Gasteiger partial charge on any atom is 0.229 e. The van der Waals surface area contributed by atoms with Crippen LogP contribution in [0, 0.1) is 19.8 Å². The van der Waals surface area contributed by atoms with Gasteiger partial charge in [-0.1, -0.05) is 24.6 Å². The number of benzene rings is 2. The molecular weight excluding hydrogens is 384 g/mol. The molecule has 2 aromatic carbocycles. The van der Waals surface area contributed by atoms with Crippen LogP contribution in [-0.2, 0) is 6.42 Å². The van der Waals surface area contributed by atoms with E-state index < -0.39 is 0 Å². The monoisotopic (exact) mass is 406 g/mol. The summed E-state index contributed by atoms with van der Waals surface area (Å²) in [5, 5.41) is 7.24. The molecule has 1 atom stereocenters. The number of nitrogens with zero attached hydrogens (tertiary/aromatic N) is 2. The molecule has 4 rings (SSSR count). The summed E-state index contributed by atoms with van der Waals surface area (Å²) in [6.45, 7) is 6.21. The van der Waals surface area contributed by atoms with E-state index >= 15 is 0 Å². The van der Waals surface area contributed by atoms with Gasteiger partial charge >= 0.3 is 0 Å². The second-order valence-corrected chi connectivity index (χ2v) is 8.15. The van der Waals surface area contributed by atoms with Crippen molar-refractivity contribution in [3.05, 3.63) is 69.9 Å². The third-order valence-corrected chi connectivity index (χ3v) is 5.46. The second-order valence-electron chi connectivity index (χ2n) is 7.71. The molecule has 3 aromatic rings. The number of rotatable bonds is 4. The number of carbonyl (C=O) groups excluding carboxylic acids is 1. The summed E-state index contributed by atoms with van der Waals surface area (Å²) in [6.07, 6.45) is 1.27. The van der Waals surface area contributed by atoms with E-state index in [2.05, 4.69) is 53.5 Å². The van der Waals surface area contributed by atoms with Crippen LogP contribution < -0.4 is 10.6 Å². The maximum absolute atomic E-state index is 12.8. The summed E-state index contributed by atoms with van der Waals surface area (Å²) in [5.41, 5.74) is 5.52. The topological polar surface area (TPSA) is 66.9 Å². The highest BCUT2D eigenvalue weighted by molar-refractivity contribution is 6.30. The molecule has 5 nitrogen and oxygen atoms in total. The Morgan fingerprint density at radius 2 is 1.66 bits per heavy atom. The average Bonchev–Trinajstić information content (AvgIpc) is 2.66. The number of hydrogen-bond acceptors (Lipinski definition) is 5. The Kier molecular flexibility index (Phi) is 5.24. The van der Waals surface area contributed by atoms with Gasteiger partial charge in [-0.05, 0) is 73.7 Å². The minimum atomic E-state index is 0.0862. The minimum absolute atomic E-state index is 0.0862. The normalized spacial score (nSPS) is 15.7. The van der Waals surface area contributed by atoms with Crippen LogP contribution in [0.4, 0.5) is 23.1 Å². The number of halogens is 1. The fourth-order valence-corrected chi connectivity index (χ4v) is 3.66. The zero-order chi connectivity index (χ0) is 20.5. The maximum atomic E-state index is 12.8. The number of aryl methyl sites for hydroxylation is 2. The van der Waals surface area contributed by atoms with Crippen LogP contribution in [0.1, 0.15) is 40.5 Å². The Morgan fingerprint density at radius 3 is 2.38 bits per heavy atom. The van der Waals surface area contributed by atoms with Crippen LogP contribution in [0.15, 0.2) is 42.5 Å². The standard InChI is InChI=1S/C23H23ClN4O/c1-13-10-19-21(20(29)11-13)22(25-18-7-4-14(2)15(3)12-18)28-23(27-19)26-17-8-5-16(24)6-9-17/h4-9,12-13H,10-11H2,1-3H3,(H2,25,26,27,28). The Balaban J connectivity index is 1.74. The number of ketones is 1. The Labute approximate surface area is 175 Å². The van der Waals surface area contributed by atoms with Crippen LogP contribution in [0.25, 0.3) is 0 Å². The molecule has 0 amide bonds. The minimum Gasteiger partial charge on any atom is -0.339 e. The first-order valence-corrected chi connectivity index (χ1v) is 10.1. The Morgan fingerprint density at radius 1 is 0.931 bits per heavy atom. The second kappa shape index (κ2) is 7.84. The number of anilines is 4. The highest BCUT2D eigenvalue weighted by atomic mass is 35.5. The van der Waals surface area contributed by atoms with E-state index in [9.17, 15) is 4.79 Å². The molecule has 1 unspecified atom stereocenters. The number of carbonyl (C=O) groups is 1. The molecule has 148 valence electrons. The number of Topliss-reactive ketones (excluding diaryl/α,β-unsaturated/α-hetero) is 1. The highest BCUT2D eigenvalue weighted by Crippen LogP contribution is 2.32. The molecule has 0 bridgehead atoms. The fraction of sp³-hybridized carbons (Fsp3) is 0.261. The largest absolute Gasteiger partial charge is 0.339 e. The number of hydrogen-bond donors (Lipinski definition) is 2. The van der Waals surface area contributed by atoms with Crippen molar-refractivity contribution >= 4 is 40.5 Å². The lowest BCUT2D eigenvalue weighted by Crippen LogP contribution is -2.22.